The third-order valence-corrected chi connectivity index (χ3v) is 5.15. The Labute approximate surface area is 136 Å². The van der Waals surface area contributed by atoms with Gasteiger partial charge in [-0.05, 0) is 31.5 Å². The van der Waals surface area contributed by atoms with E-state index in [-0.39, 0.29) is 24.1 Å². The van der Waals surface area contributed by atoms with Crippen LogP contribution >= 0.6 is 12.4 Å². The highest BCUT2D eigenvalue weighted by Crippen LogP contribution is 2.36. The molecule has 0 amide bonds. The van der Waals surface area contributed by atoms with E-state index < -0.39 is 10.0 Å². The molecule has 0 saturated carbocycles. The number of benzene rings is 1. The molecule has 0 atom stereocenters. The van der Waals surface area contributed by atoms with Crippen molar-refractivity contribution in [2.75, 3.05) is 26.4 Å². The minimum atomic E-state index is -3.56. The lowest BCUT2D eigenvalue weighted by Crippen LogP contribution is -2.30. The van der Waals surface area contributed by atoms with Crippen LogP contribution in [-0.2, 0) is 10.0 Å². The number of fused-ring (bicyclic) bond motifs is 1. The molecule has 0 aliphatic carbocycles. The maximum absolute atomic E-state index is 12.4. The summed E-state index contributed by atoms with van der Waals surface area (Å²) in [5, 5.41) is 3.20. The van der Waals surface area contributed by atoms with E-state index in [1.165, 1.54) is 6.07 Å². The lowest BCUT2D eigenvalue weighted by atomic mass is 10.1. The topological polar surface area (TPSA) is 76.7 Å². The van der Waals surface area contributed by atoms with Crippen LogP contribution in [0.15, 0.2) is 28.7 Å². The number of sulfonamides is 1. The van der Waals surface area contributed by atoms with Gasteiger partial charge in [0.05, 0.1) is 4.90 Å². The average molecular weight is 347 g/mol. The predicted octanol–water partition coefficient (Wildman–Crippen LogP) is 1.34. The second kappa shape index (κ2) is 6.87. The minimum Gasteiger partial charge on any atom is -0.454 e. The van der Waals surface area contributed by atoms with Gasteiger partial charge in [-0.2, -0.15) is 0 Å². The molecule has 0 saturated heterocycles. The first-order chi connectivity index (χ1) is 10.1. The SMILES string of the molecule is Cc1cc2c(cc1S(=O)(=O)NCC1=CCNCC1)OCO2.Cl. The minimum absolute atomic E-state index is 0. The maximum Gasteiger partial charge on any atom is 0.241 e. The van der Waals surface area contributed by atoms with Crippen LogP contribution in [0, 0.1) is 6.92 Å². The first-order valence-corrected chi connectivity index (χ1v) is 8.33. The van der Waals surface area contributed by atoms with E-state index in [0.717, 1.165) is 25.1 Å². The van der Waals surface area contributed by atoms with Gasteiger partial charge >= 0.3 is 0 Å². The highest BCUT2D eigenvalue weighted by Gasteiger charge is 2.23. The Kier molecular flexibility index (Phi) is 5.33. The Morgan fingerprint density at radius 1 is 1.27 bits per heavy atom. The molecule has 0 radical (unpaired) electrons. The smallest absolute Gasteiger partial charge is 0.241 e. The summed E-state index contributed by atoms with van der Waals surface area (Å²) >= 11 is 0. The average Bonchev–Trinajstić information content (AvgIpc) is 2.92. The molecule has 2 aliphatic rings. The second-order valence-electron chi connectivity index (χ2n) is 5.11. The summed E-state index contributed by atoms with van der Waals surface area (Å²) in [5.74, 6) is 1.06. The Hall–Kier alpha value is -1.28. The summed E-state index contributed by atoms with van der Waals surface area (Å²) in [6, 6.07) is 3.22. The molecule has 122 valence electrons. The Balaban J connectivity index is 0.00000176. The fourth-order valence-electron chi connectivity index (χ4n) is 2.41. The normalized spacial score (nSPS) is 16.9. The number of ether oxygens (including phenoxy) is 2. The van der Waals surface area contributed by atoms with Gasteiger partial charge in [0.25, 0.3) is 0 Å². The molecule has 2 aliphatic heterocycles. The van der Waals surface area contributed by atoms with Crippen LogP contribution in [0.2, 0.25) is 0 Å². The molecule has 3 rings (SSSR count). The standard InChI is InChI=1S/C14H18N2O4S.ClH/c1-10-6-12-13(20-9-19-12)7-14(10)21(17,18)16-8-11-2-4-15-5-3-11;/h2,6-7,15-16H,3-5,8-9H2,1H3;1H. The third kappa shape index (κ3) is 3.55. The van der Waals surface area contributed by atoms with Crippen LogP contribution in [-0.4, -0.2) is 34.8 Å². The summed E-state index contributed by atoms with van der Waals surface area (Å²) < 4.78 is 38.0. The van der Waals surface area contributed by atoms with Crippen molar-refractivity contribution in [1.29, 1.82) is 0 Å². The fourth-order valence-corrected chi connectivity index (χ4v) is 3.69. The summed E-state index contributed by atoms with van der Waals surface area (Å²) in [5.41, 5.74) is 1.75. The molecule has 0 aromatic heterocycles. The lowest BCUT2D eigenvalue weighted by Gasteiger charge is -2.15. The van der Waals surface area contributed by atoms with E-state index in [2.05, 4.69) is 10.0 Å². The number of aryl methyl sites for hydroxylation is 1. The molecule has 1 aromatic carbocycles. The summed E-state index contributed by atoms with van der Waals surface area (Å²) in [6.45, 7) is 3.90. The van der Waals surface area contributed by atoms with Crippen molar-refractivity contribution in [2.24, 2.45) is 0 Å². The Bertz CT molecular complexity index is 688. The predicted molar refractivity (Wildman–Crippen MR) is 85.3 cm³/mol. The van der Waals surface area contributed by atoms with Crippen molar-refractivity contribution >= 4 is 22.4 Å². The van der Waals surface area contributed by atoms with Gasteiger partial charge < -0.3 is 14.8 Å². The molecule has 22 heavy (non-hydrogen) atoms. The fraction of sp³-hybridized carbons (Fsp3) is 0.429. The van der Waals surface area contributed by atoms with Crippen LogP contribution in [0.25, 0.3) is 0 Å². The third-order valence-electron chi connectivity index (χ3n) is 3.61. The molecule has 2 N–H and O–H groups in total. The molecule has 0 spiro atoms. The summed E-state index contributed by atoms with van der Waals surface area (Å²) in [7, 11) is -3.56. The lowest BCUT2D eigenvalue weighted by molar-refractivity contribution is 0.174. The number of hydrogen-bond acceptors (Lipinski definition) is 5. The van der Waals surface area contributed by atoms with Gasteiger partial charge in [-0.25, -0.2) is 13.1 Å². The van der Waals surface area contributed by atoms with Crippen LogP contribution in [0.1, 0.15) is 12.0 Å². The van der Waals surface area contributed by atoms with Gasteiger partial charge in [-0.15, -0.1) is 12.4 Å². The van der Waals surface area contributed by atoms with Gasteiger partial charge in [0.1, 0.15) is 0 Å². The van der Waals surface area contributed by atoms with Gasteiger partial charge in [0, 0.05) is 19.2 Å². The number of hydrogen-bond donors (Lipinski definition) is 2. The maximum atomic E-state index is 12.4. The number of nitrogens with one attached hydrogen (secondary N) is 2. The van der Waals surface area contributed by atoms with Crippen molar-refractivity contribution in [3.63, 3.8) is 0 Å². The van der Waals surface area contributed by atoms with Crippen molar-refractivity contribution < 1.29 is 17.9 Å². The Morgan fingerprint density at radius 3 is 2.68 bits per heavy atom. The zero-order chi connectivity index (χ0) is 14.9. The molecule has 1 aromatic rings. The van der Waals surface area contributed by atoms with Crippen molar-refractivity contribution in [1.82, 2.24) is 10.0 Å². The van der Waals surface area contributed by atoms with E-state index in [0.29, 0.717) is 23.6 Å². The zero-order valence-electron chi connectivity index (χ0n) is 12.2. The number of halogens is 1. The summed E-state index contributed by atoms with van der Waals surface area (Å²) in [6.07, 6.45) is 2.89. The summed E-state index contributed by atoms with van der Waals surface area (Å²) in [4.78, 5) is 0.237. The quantitative estimate of drug-likeness (QED) is 0.805. The Morgan fingerprint density at radius 2 is 2.00 bits per heavy atom. The van der Waals surface area contributed by atoms with Crippen LogP contribution in [0.5, 0.6) is 11.5 Å². The van der Waals surface area contributed by atoms with E-state index >= 15 is 0 Å². The monoisotopic (exact) mass is 346 g/mol. The van der Waals surface area contributed by atoms with Crippen LogP contribution in [0.3, 0.4) is 0 Å². The molecule has 6 nitrogen and oxygen atoms in total. The van der Waals surface area contributed by atoms with E-state index in [1.807, 2.05) is 6.08 Å². The largest absolute Gasteiger partial charge is 0.454 e. The van der Waals surface area contributed by atoms with Crippen molar-refractivity contribution in [2.45, 2.75) is 18.2 Å². The van der Waals surface area contributed by atoms with Gasteiger partial charge in [-0.1, -0.05) is 11.6 Å². The molecule has 8 heteroatoms. The van der Waals surface area contributed by atoms with Crippen LogP contribution in [0.4, 0.5) is 0 Å². The highest BCUT2D eigenvalue weighted by atomic mass is 35.5. The van der Waals surface area contributed by atoms with Gasteiger partial charge in [0.2, 0.25) is 16.8 Å². The van der Waals surface area contributed by atoms with Crippen molar-refractivity contribution in [3.8, 4) is 11.5 Å². The molecular formula is C14H19ClN2O4S. The second-order valence-corrected chi connectivity index (χ2v) is 6.85. The highest BCUT2D eigenvalue weighted by molar-refractivity contribution is 7.89. The molecular weight excluding hydrogens is 328 g/mol. The first kappa shape index (κ1) is 17.1. The molecule has 0 unspecified atom stereocenters. The van der Waals surface area contributed by atoms with Gasteiger partial charge in [0.15, 0.2) is 11.5 Å². The van der Waals surface area contributed by atoms with Crippen LogP contribution < -0.4 is 19.5 Å². The zero-order valence-corrected chi connectivity index (χ0v) is 13.9. The molecule has 0 fully saturated rings. The van der Waals surface area contributed by atoms with E-state index in [1.54, 1.807) is 13.0 Å². The van der Waals surface area contributed by atoms with Gasteiger partial charge in [-0.3, -0.25) is 0 Å². The first-order valence-electron chi connectivity index (χ1n) is 6.85. The molecule has 0 bridgehead atoms. The van der Waals surface area contributed by atoms with Crippen molar-refractivity contribution in [3.05, 3.63) is 29.3 Å². The van der Waals surface area contributed by atoms with E-state index in [9.17, 15) is 8.42 Å². The molecule has 2 heterocycles. The van der Waals surface area contributed by atoms with E-state index in [4.69, 9.17) is 9.47 Å². The number of rotatable bonds is 4.